The summed E-state index contributed by atoms with van der Waals surface area (Å²) in [4.78, 5) is 2.14. The molecular weight excluding hydrogens is 229 g/mol. The van der Waals surface area contributed by atoms with Crippen molar-refractivity contribution in [3.63, 3.8) is 0 Å². The number of rotatable bonds is 3. The molecule has 2 nitrogen and oxygen atoms in total. The summed E-state index contributed by atoms with van der Waals surface area (Å²) in [6.07, 6.45) is 2.49. The number of ether oxygens (including phenoxy) is 1. The first-order chi connectivity index (χ1) is 8.56. The van der Waals surface area contributed by atoms with Gasteiger partial charge >= 0.3 is 0 Å². The van der Waals surface area contributed by atoms with Crippen LogP contribution in [0.15, 0.2) is 18.2 Å². The van der Waals surface area contributed by atoms with E-state index in [1.54, 1.807) is 6.07 Å². The maximum atomic E-state index is 13.9. The summed E-state index contributed by atoms with van der Waals surface area (Å²) in [5.74, 6) is 1.23. The minimum absolute atomic E-state index is 0.114. The van der Waals surface area contributed by atoms with Crippen molar-refractivity contribution in [1.82, 2.24) is 0 Å². The predicted molar refractivity (Wildman–Crippen MR) is 72.8 cm³/mol. The topological polar surface area (TPSA) is 12.5 Å². The molecule has 0 spiro atoms. The van der Waals surface area contributed by atoms with Crippen LogP contribution >= 0.6 is 0 Å². The first kappa shape index (κ1) is 13.2. The van der Waals surface area contributed by atoms with E-state index in [1.807, 2.05) is 19.9 Å². The Morgan fingerprint density at radius 2 is 2.17 bits per heavy atom. The van der Waals surface area contributed by atoms with Gasteiger partial charge in [-0.25, -0.2) is 4.39 Å². The second-order valence-corrected chi connectivity index (χ2v) is 5.47. The molecule has 1 aliphatic heterocycles. The van der Waals surface area contributed by atoms with Crippen molar-refractivity contribution in [2.24, 2.45) is 5.92 Å². The molecule has 0 N–H and O–H groups in total. The van der Waals surface area contributed by atoms with Crippen molar-refractivity contribution >= 4 is 5.69 Å². The van der Waals surface area contributed by atoms with Gasteiger partial charge in [-0.15, -0.1) is 0 Å². The standard InChI is InChI=1S/C15H22FNO/c1-11(2)18-13-6-7-14(16)15(9-13)17-8-4-5-12(3)10-17/h6-7,9,11-12H,4-5,8,10H2,1-3H3. The minimum Gasteiger partial charge on any atom is -0.491 e. The molecule has 0 amide bonds. The molecule has 0 saturated carbocycles. The van der Waals surface area contributed by atoms with Crippen LogP contribution in [0.5, 0.6) is 5.75 Å². The third-order valence-corrected chi connectivity index (χ3v) is 3.29. The molecule has 2 rings (SSSR count). The van der Waals surface area contributed by atoms with Crippen molar-refractivity contribution in [3.05, 3.63) is 24.0 Å². The molecule has 1 saturated heterocycles. The van der Waals surface area contributed by atoms with Crippen molar-refractivity contribution in [1.29, 1.82) is 0 Å². The number of nitrogens with zero attached hydrogens (tertiary/aromatic N) is 1. The van der Waals surface area contributed by atoms with Crippen LogP contribution in [0.1, 0.15) is 33.6 Å². The Kier molecular flexibility index (Phi) is 4.10. The van der Waals surface area contributed by atoms with Crippen LogP contribution in [-0.2, 0) is 0 Å². The van der Waals surface area contributed by atoms with E-state index >= 15 is 0 Å². The van der Waals surface area contributed by atoms with Crippen molar-refractivity contribution in [3.8, 4) is 5.75 Å². The maximum absolute atomic E-state index is 13.9. The minimum atomic E-state index is -0.153. The lowest BCUT2D eigenvalue weighted by atomic mass is 9.99. The van der Waals surface area contributed by atoms with E-state index in [-0.39, 0.29) is 11.9 Å². The fourth-order valence-electron chi connectivity index (χ4n) is 2.49. The summed E-state index contributed by atoms with van der Waals surface area (Å²) < 4.78 is 19.6. The molecule has 1 fully saturated rings. The van der Waals surface area contributed by atoms with Crippen molar-refractivity contribution in [2.75, 3.05) is 18.0 Å². The second-order valence-electron chi connectivity index (χ2n) is 5.47. The van der Waals surface area contributed by atoms with Gasteiger partial charge in [0.1, 0.15) is 11.6 Å². The summed E-state index contributed by atoms with van der Waals surface area (Å²) in [5.41, 5.74) is 0.680. The number of hydrogen-bond acceptors (Lipinski definition) is 2. The summed E-state index contributed by atoms with van der Waals surface area (Å²) in [6, 6.07) is 5.03. The van der Waals surface area contributed by atoms with E-state index in [0.29, 0.717) is 11.6 Å². The maximum Gasteiger partial charge on any atom is 0.146 e. The van der Waals surface area contributed by atoms with Gasteiger partial charge in [-0.05, 0) is 44.7 Å². The van der Waals surface area contributed by atoms with Gasteiger partial charge in [-0.2, -0.15) is 0 Å². The van der Waals surface area contributed by atoms with Gasteiger partial charge in [-0.3, -0.25) is 0 Å². The quantitative estimate of drug-likeness (QED) is 0.809. The highest BCUT2D eigenvalue weighted by molar-refractivity contribution is 5.52. The molecular formula is C15H22FNO. The average molecular weight is 251 g/mol. The molecule has 0 aromatic heterocycles. The second kappa shape index (κ2) is 5.59. The Labute approximate surface area is 109 Å². The lowest BCUT2D eigenvalue weighted by molar-refractivity contribution is 0.242. The van der Waals surface area contributed by atoms with E-state index < -0.39 is 0 Å². The zero-order valence-electron chi connectivity index (χ0n) is 11.4. The molecule has 0 bridgehead atoms. The summed E-state index contributed by atoms with van der Waals surface area (Å²) in [5, 5.41) is 0. The van der Waals surface area contributed by atoms with Crippen LogP contribution in [0.3, 0.4) is 0 Å². The molecule has 0 radical (unpaired) electrons. The Morgan fingerprint density at radius 3 is 2.83 bits per heavy atom. The van der Waals surface area contributed by atoms with E-state index in [0.717, 1.165) is 25.3 Å². The van der Waals surface area contributed by atoms with Gasteiger partial charge < -0.3 is 9.64 Å². The van der Waals surface area contributed by atoms with E-state index in [4.69, 9.17) is 4.74 Å². The third kappa shape index (κ3) is 3.15. The normalized spacial score (nSPS) is 20.3. The number of halogens is 1. The first-order valence-electron chi connectivity index (χ1n) is 6.77. The van der Waals surface area contributed by atoms with E-state index in [9.17, 15) is 4.39 Å². The van der Waals surface area contributed by atoms with Crippen LogP contribution in [-0.4, -0.2) is 19.2 Å². The summed E-state index contributed by atoms with van der Waals surface area (Å²) in [6.45, 7) is 8.05. The predicted octanol–water partition coefficient (Wildman–Crippen LogP) is 3.85. The summed E-state index contributed by atoms with van der Waals surface area (Å²) in [7, 11) is 0. The molecule has 1 aliphatic rings. The Bertz CT molecular complexity index is 405. The molecule has 0 aliphatic carbocycles. The zero-order chi connectivity index (χ0) is 13.1. The van der Waals surface area contributed by atoms with Gasteiger partial charge in [0.2, 0.25) is 0 Å². The first-order valence-corrected chi connectivity index (χ1v) is 6.77. The molecule has 1 unspecified atom stereocenters. The van der Waals surface area contributed by atoms with E-state index in [2.05, 4.69) is 11.8 Å². The molecule has 1 aromatic rings. The Balaban J connectivity index is 2.19. The van der Waals surface area contributed by atoms with E-state index in [1.165, 1.54) is 12.5 Å². The van der Waals surface area contributed by atoms with Crippen molar-refractivity contribution in [2.45, 2.75) is 39.7 Å². The fourth-order valence-corrected chi connectivity index (χ4v) is 2.49. The smallest absolute Gasteiger partial charge is 0.146 e. The van der Waals surface area contributed by atoms with Gasteiger partial charge in [0, 0.05) is 19.2 Å². The zero-order valence-corrected chi connectivity index (χ0v) is 11.4. The lowest BCUT2D eigenvalue weighted by Crippen LogP contribution is -2.34. The molecule has 100 valence electrons. The van der Waals surface area contributed by atoms with Crippen molar-refractivity contribution < 1.29 is 9.13 Å². The molecule has 18 heavy (non-hydrogen) atoms. The molecule has 1 aromatic carbocycles. The molecule has 1 heterocycles. The SMILES string of the molecule is CC1CCCN(c2cc(OC(C)C)ccc2F)C1. The van der Waals surface area contributed by atoms with Crippen LogP contribution in [0.2, 0.25) is 0 Å². The molecule has 3 heteroatoms. The number of anilines is 1. The van der Waals surface area contributed by atoms with Crippen LogP contribution in [0.4, 0.5) is 10.1 Å². The highest BCUT2D eigenvalue weighted by Gasteiger charge is 2.19. The molecule has 1 atom stereocenters. The van der Waals surface area contributed by atoms with Crippen LogP contribution < -0.4 is 9.64 Å². The number of piperidine rings is 1. The Hall–Kier alpha value is -1.25. The highest BCUT2D eigenvalue weighted by Crippen LogP contribution is 2.29. The van der Waals surface area contributed by atoms with Gasteiger partial charge in [0.05, 0.1) is 11.8 Å². The average Bonchev–Trinajstić information content (AvgIpc) is 2.31. The monoisotopic (exact) mass is 251 g/mol. The van der Waals surface area contributed by atoms with Crippen LogP contribution in [0, 0.1) is 11.7 Å². The fraction of sp³-hybridized carbons (Fsp3) is 0.600. The third-order valence-electron chi connectivity index (χ3n) is 3.29. The lowest BCUT2D eigenvalue weighted by Gasteiger charge is -2.33. The Morgan fingerprint density at radius 1 is 1.39 bits per heavy atom. The van der Waals surface area contributed by atoms with Gasteiger partial charge in [0.25, 0.3) is 0 Å². The summed E-state index contributed by atoms with van der Waals surface area (Å²) >= 11 is 0. The number of benzene rings is 1. The number of hydrogen-bond donors (Lipinski definition) is 0. The highest BCUT2D eigenvalue weighted by atomic mass is 19.1. The van der Waals surface area contributed by atoms with Gasteiger partial charge in [0.15, 0.2) is 0 Å². The largest absolute Gasteiger partial charge is 0.491 e. The van der Waals surface area contributed by atoms with Gasteiger partial charge in [-0.1, -0.05) is 6.92 Å². The van der Waals surface area contributed by atoms with Crippen LogP contribution in [0.25, 0.3) is 0 Å².